The van der Waals surface area contributed by atoms with Gasteiger partial charge in [-0.1, -0.05) is 23.3 Å². The van der Waals surface area contributed by atoms with E-state index in [2.05, 4.69) is 19.9 Å². The molecule has 3 aromatic heterocycles. The molecule has 0 spiro atoms. The molecule has 1 aliphatic heterocycles. The Morgan fingerprint density at radius 2 is 2.17 bits per heavy atom. The molecule has 1 saturated heterocycles. The molecule has 30 heavy (non-hydrogen) atoms. The molecule has 4 aromatic rings. The number of imidazole rings is 2. The summed E-state index contributed by atoms with van der Waals surface area (Å²) in [6, 6.07) is 8.17. The van der Waals surface area contributed by atoms with Crippen molar-refractivity contribution in [2.75, 3.05) is 6.61 Å². The number of rotatable bonds is 4. The van der Waals surface area contributed by atoms with Crippen LogP contribution in [0.25, 0.3) is 33.1 Å². The molecule has 0 bridgehead atoms. The highest BCUT2D eigenvalue weighted by molar-refractivity contribution is 6.31. The molecular weight excluding hydrogens is 407 g/mol. The van der Waals surface area contributed by atoms with Crippen LogP contribution in [0, 0.1) is 12.4 Å². The predicted molar refractivity (Wildman–Crippen MR) is 110 cm³/mol. The molecule has 0 unspecified atom stereocenters. The van der Waals surface area contributed by atoms with Gasteiger partial charge < -0.3 is 14.1 Å². The van der Waals surface area contributed by atoms with E-state index in [-0.39, 0.29) is 11.1 Å². The third-order valence-electron chi connectivity index (χ3n) is 5.16. The minimum absolute atomic E-state index is 0.0282. The molecule has 1 fully saturated rings. The highest BCUT2D eigenvalue weighted by Gasteiger charge is 2.23. The quantitative estimate of drug-likeness (QED) is 0.444. The maximum absolute atomic E-state index is 13.7. The fourth-order valence-corrected chi connectivity index (χ4v) is 3.90. The molecule has 0 saturated carbocycles. The summed E-state index contributed by atoms with van der Waals surface area (Å²) in [6.07, 6.45) is 5.33. The third kappa shape index (κ3) is 3.22. The van der Waals surface area contributed by atoms with E-state index in [4.69, 9.17) is 22.9 Å². The Hall–Kier alpha value is -3.28. The third-order valence-corrected chi connectivity index (χ3v) is 5.45. The smallest absolute Gasteiger partial charge is 0.275 e. The maximum Gasteiger partial charge on any atom is 0.275 e. The number of nitrogens with zero attached hydrogens (tertiary/aromatic N) is 6. The molecule has 0 N–H and O–H groups in total. The van der Waals surface area contributed by atoms with Gasteiger partial charge in [-0.25, -0.2) is 14.4 Å². The molecule has 1 atom stereocenters. The van der Waals surface area contributed by atoms with Crippen LogP contribution >= 0.6 is 11.6 Å². The van der Waals surface area contributed by atoms with Gasteiger partial charge in [0.05, 0.1) is 41.6 Å². The molecule has 1 aromatic carbocycles. The van der Waals surface area contributed by atoms with Gasteiger partial charge in [0, 0.05) is 18.2 Å². The standard InChI is InChI=1S/C21H16ClFN6O/c1-24-19-10-25-18-7-6-17(27-29(18)19)21-20(13-4-5-16(23)15(22)9-13)26-12-28(21)11-14-3-2-8-30-14/h4-7,9-10,12,14H,2-3,8,11H2/t14-/m0/s1. The maximum atomic E-state index is 13.7. The molecule has 0 aliphatic carbocycles. The summed E-state index contributed by atoms with van der Waals surface area (Å²) in [7, 11) is 0. The average Bonchev–Trinajstić information content (AvgIpc) is 3.49. The van der Waals surface area contributed by atoms with Crippen molar-refractivity contribution in [1.82, 2.24) is 24.1 Å². The Bertz CT molecular complexity index is 1280. The fourth-order valence-electron chi connectivity index (χ4n) is 3.72. The van der Waals surface area contributed by atoms with Gasteiger partial charge >= 0.3 is 0 Å². The molecule has 150 valence electrons. The lowest BCUT2D eigenvalue weighted by atomic mass is 10.1. The van der Waals surface area contributed by atoms with Crippen LogP contribution in [-0.2, 0) is 11.3 Å². The summed E-state index contributed by atoms with van der Waals surface area (Å²) in [6.45, 7) is 8.71. The molecule has 5 rings (SSSR count). The normalized spacial score (nSPS) is 16.2. The van der Waals surface area contributed by atoms with Crippen LogP contribution in [0.5, 0.6) is 0 Å². The number of hydrogen-bond donors (Lipinski definition) is 0. The van der Waals surface area contributed by atoms with Crippen LogP contribution in [0.3, 0.4) is 0 Å². The van der Waals surface area contributed by atoms with Crippen molar-refractivity contribution in [3.8, 4) is 22.6 Å². The van der Waals surface area contributed by atoms with Crippen LogP contribution in [0.1, 0.15) is 12.8 Å². The largest absolute Gasteiger partial charge is 0.376 e. The van der Waals surface area contributed by atoms with Crippen molar-refractivity contribution in [2.24, 2.45) is 0 Å². The Morgan fingerprint density at radius 1 is 1.27 bits per heavy atom. The van der Waals surface area contributed by atoms with E-state index >= 15 is 0 Å². The van der Waals surface area contributed by atoms with Crippen molar-refractivity contribution in [3.63, 3.8) is 0 Å². The number of halogens is 2. The van der Waals surface area contributed by atoms with Crippen molar-refractivity contribution in [3.05, 3.63) is 65.1 Å². The lowest BCUT2D eigenvalue weighted by molar-refractivity contribution is 0.0973. The van der Waals surface area contributed by atoms with Gasteiger partial charge in [-0.15, -0.1) is 4.52 Å². The number of fused-ring (bicyclic) bond motifs is 1. The van der Waals surface area contributed by atoms with E-state index in [1.54, 1.807) is 18.5 Å². The number of benzene rings is 1. The van der Waals surface area contributed by atoms with Gasteiger partial charge in [-0.3, -0.25) is 0 Å². The first-order chi connectivity index (χ1) is 14.6. The fraction of sp³-hybridized carbons (Fsp3) is 0.238. The zero-order chi connectivity index (χ0) is 20.7. The topological polar surface area (TPSA) is 61.6 Å². The van der Waals surface area contributed by atoms with E-state index in [1.165, 1.54) is 16.8 Å². The van der Waals surface area contributed by atoms with E-state index in [9.17, 15) is 4.39 Å². The molecule has 0 amide bonds. The van der Waals surface area contributed by atoms with Gasteiger partial charge in [0.15, 0.2) is 0 Å². The van der Waals surface area contributed by atoms with E-state index in [0.717, 1.165) is 25.1 Å². The molecular formula is C21H16ClFN6O. The molecule has 9 heteroatoms. The van der Waals surface area contributed by atoms with Gasteiger partial charge in [0.25, 0.3) is 5.82 Å². The molecule has 4 heterocycles. The van der Waals surface area contributed by atoms with E-state index in [1.807, 2.05) is 16.7 Å². The molecule has 0 radical (unpaired) electrons. The van der Waals surface area contributed by atoms with Gasteiger partial charge in [0.1, 0.15) is 11.5 Å². The number of ether oxygens (including phenoxy) is 1. The zero-order valence-electron chi connectivity index (χ0n) is 15.8. The van der Waals surface area contributed by atoms with Crippen LogP contribution < -0.4 is 0 Å². The summed E-state index contributed by atoms with van der Waals surface area (Å²) >= 11 is 6.02. The van der Waals surface area contributed by atoms with Crippen LogP contribution in [0.2, 0.25) is 5.02 Å². The molecule has 1 aliphatic rings. The Balaban J connectivity index is 1.68. The summed E-state index contributed by atoms with van der Waals surface area (Å²) in [5, 5.41) is 4.67. The lowest BCUT2D eigenvalue weighted by Crippen LogP contribution is -2.15. The predicted octanol–water partition coefficient (Wildman–Crippen LogP) is 4.78. The second-order valence-corrected chi connectivity index (χ2v) is 7.48. The minimum Gasteiger partial charge on any atom is -0.376 e. The highest BCUT2D eigenvalue weighted by atomic mass is 35.5. The zero-order valence-corrected chi connectivity index (χ0v) is 16.6. The summed E-state index contributed by atoms with van der Waals surface area (Å²) in [5.41, 5.74) is 3.27. The van der Waals surface area contributed by atoms with Crippen LogP contribution in [-0.4, -0.2) is 36.9 Å². The number of hydrogen-bond acceptors (Lipinski definition) is 4. The monoisotopic (exact) mass is 422 g/mol. The van der Waals surface area contributed by atoms with Crippen LogP contribution in [0.15, 0.2) is 42.9 Å². The summed E-state index contributed by atoms with van der Waals surface area (Å²) in [5.74, 6) is -0.163. The first kappa shape index (κ1) is 18.7. The summed E-state index contributed by atoms with van der Waals surface area (Å²) in [4.78, 5) is 12.3. The summed E-state index contributed by atoms with van der Waals surface area (Å²) < 4.78 is 23.0. The number of aromatic nitrogens is 5. The van der Waals surface area contributed by atoms with Gasteiger partial charge in [0.2, 0.25) is 5.65 Å². The van der Waals surface area contributed by atoms with Crippen LogP contribution in [0.4, 0.5) is 10.2 Å². The molecule has 7 nitrogen and oxygen atoms in total. The Labute approximate surface area is 176 Å². The van der Waals surface area contributed by atoms with E-state index < -0.39 is 5.82 Å². The lowest BCUT2D eigenvalue weighted by Gasteiger charge is -2.14. The second kappa shape index (κ2) is 7.52. The average molecular weight is 423 g/mol. The Morgan fingerprint density at radius 3 is 2.93 bits per heavy atom. The van der Waals surface area contributed by atoms with Gasteiger partial charge in [-0.05, 0) is 37.1 Å². The SMILES string of the molecule is [C-]#[N+]c1cnc2ccc(-c3c(-c4ccc(F)c(Cl)c4)ncn3C[C@@H]3CCCO3)nn12. The first-order valence-corrected chi connectivity index (χ1v) is 9.86. The first-order valence-electron chi connectivity index (χ1n) is 9.49. The highest BCUT2D eigenvalue weighted by Crippen LogP contribution is 2.33. The van der Waals surface area contributed by atoms with Crippen molar-refractivity contribution < 1.29 is 9.13 Å². The van der Waals surface area contributed by atoms with Crippen molar-refractivity contribution >= 4 is 23.1 Å². The Kier molecular flexibility index (Phi) is 4.69. The second-order valence-electron chi connectivity index (χ2n) is 7.07. The van der Waals surface area contributed by atoms with Crippen molar-refractivity contribution in [1.29, 1.82) is 0 Å². The van der Waals surface area contributed by atoms with Crippen molar-refractivity contribution in [2.45, 2.75) is 25.5 Å². The van der Waals surface area contributed by atoms with Gasteiger partial charge in [-0.2, -0.15) is 0 Å². The van der Waals surface area contributed by atoms with E-state index in [0.29, 0.717) is 35.0 Å². The minimum atomic E-state index is -0.486.